The molecule has 31 heavy (non-hydrogen) atoms. The van der Waals surface area contributed by atoms with Crippen LogP contribution in [0.15, 0.2) is 53.3 Å². The van der Waals surface area contributed by atoms with Gasteiger partial charge in [-0.15, -0.1) is 0 Å². The number of carbonyl (C=O) groups is 1. The van der Waals surface area contributed by atoms with E-state index in [1.165, 1.54) is 23.1 Å². The van der Waals surface area contributed by atoms with Crippen LogP contribution in [0.25, 0.3) is 10.9 Å². The summed E-state index contributed by atoms with van der Waals surface area (Å²) in [6.45, 7) is -2.23. The van der Waals surface area contributed by atoms with Crippen LogP contribution in [0, 0.1) is 0 Å². The highest BCUT2D eigenvalue weighted by molar-refractivity contribution is 5.97. The van der Waals surface area contributed by atoms with Crippen molar-refractivity contribution < 1.29 is 23.0 Å². The zero-order valence-electron chi connectivity index (χ0n) is 16.6. The van der Waals surface area contributed by atoms with Crippen LogP contribution in [-0.2, 0) is 11.3 Å². The maximum Gasteiger partial charge on any atom is 0.387 e. The van der Waals surface area contributed by atoms with Gasteiger partial charge in [-0.05, 0) is 37.1 Å². The molecule has 4 rings (SSSR count). The second kappa shape index (κ2) is 9.22. The Morgan fingerprint density at radius 2 is 2.00 bits per heavy atom. The molecular weight excluding hydrogens is 408 g/mol. The van der Waals surface area contributed by atoms with Gasteiger partial charge in [0.15, 0.2) is 0 Å². The molecule has 162 valence electrons. The lowest BCUT2D eigenvalue weighted by atomic mass is 10.1. The van der Waals surface area contributed by atoms with Crippen molar-refractivity contribution in [2.75, 3.05) is 13.2 Å². The van der Waals surface area contributed by atoms with E-state index in [1.807, 2.05) is 0 Å². The fraction of sp³-hybridized carbons (Fsp3) is 0.318. The molecule has 1 unspecified atom stereocenters. The van der Waals surface area contributed by atoms with Crippen molar-refractivity contribution in [1.29, 1.82) is 0 Å². The minimum absolute atomic E-state index is 0.00364. The number of nitrogens with one attached hydrogen (secondary N) is 1. The Kier molecular flexibility index (Phi) is 6.22. The Morgan fingerprint density at radius 1 is 1.23 bits per heavy atom. The van der Waals surface area contributed by atoms with Crippen LogP contribution in [0.5, 0.6) is 5.75 Å². The Bertz CT molecular complexity index is 1130. The number of nitrogens with zero attached hydrogens (tertiary/aromatic N) is 2. The van der Waals surface area contributed by atoms with Crippen LogP contribution in [0.4, 0.5) is 8.78 Å². The van der Waals surface area contributed by atoms with Gasteiger partial charge in [0.25, 0.3) is 11.5 Å². The van der Waals surface area contributed by atoms with Crippen LogP contribution in [0.1, 0.15) is 29.0 Å². The normalized spacial score (nSPS) is 16.0. The number of benzene rings is 2. The van der Waals surface area contributed by atoms with E-state index in [-0.39, 0.29) is 36.1 Å². The summed E-state index contributed by atoms with van der Waals surface area (Å²) in [5.41, 5.74) is 0.197. The molecule has 0 aliphatic carbocycles. The van der Waals surface area contributed by atoms with Gasteiger partial charge in [-0.2, -0.15) is 8.78 Å². The number of hydrogen-bond acceptors (Lipinski definition) is 5. The SMILES string of the molecule is O=C(c1ccccc1OC(F)F)N(Cc1nc2ccccc2c(=O)[nH]1)CC1CCCO1. The van der Waals surface area contributed by atoms with Crippen molar-refractivity contribution in [2.45, 2.75) is 32.1 Å². The predicted molar refractivity (Wildman–Crippen MR) is 109 cm³/mol. The molecule has 2 heterocycles. The average Bonchev–Trinajstić information content (AvgIpc) is 3.26. The molecule has 1 aliphatic rings. The Balaban J connectivity index is 1.66. The molecule has 0 radical (unpaired) electrons. The van der Waals surface area contributed by atoms with Crippen LogP contribution in [0.2, 0.25) is 0 Å². The smallest absolute Gasteiger partial charge is 0.387 e. The van der Waals surface area contributed by atoms with E-state index < -0.39 is 12.5 Å². The second-order valence-corrected chi connectivity index (χ2v) is 7.23. The first-order valence-electron chi connectivity index (χ1n) is 9.94. The number of para-hydroxylation sites is 2. The molecule has 7 nitrogen and oxygen atoms in total. The third-order valence-corrected chi connectivity index (χ3v) is 5.07. The summed E-state index contributed by atoms with van der Waals surface area (Å²) in [6, 6.07) is 12.7. The molecule has 1 saturated heterocycles. The van der Waals surface area contributed by atoms with Crippen molar-refractivity contribution >= 4 is 16.8 Å². The minimum Gasteiger partial charge on any atom is -0.434 e. The third kappa shape index (κ3) is 4.88. The van der Waals surface area contributed by atoms with Crippen molar-refractivity contribution in [3.63, 3.8) is 0 Å². The number of carbonyl (C=O) groups excluding carboxylic acids is 1. The van der Waals surface area contributed by atoms with Crippen LogP contribution in [0.3, 0.4) is 0 Å². The lowest BCUT2D eigenvalue weighted by molar-refractivity contribution is -0.0503. The van der Waals surface area contributed by atoms with E-state index in [1.54, 1.807) is 30.3 Å². The van der Waals surface area contributed by atoms with Gasteiger partial charge in [0, 0.05) is 13.2 Å². The van der Waals surface area contributed by atoms with Gasteiger partial charge >= 0.3 is 6.61 Å². The fourth-order valence-electron chi connectivity index (χ4n) is 3.66. The standard InChI is InChI=1S/C22H21F2N3O4/c23-22(24)31-18-10-4-2-8-16(18)21(29)27(12-14-6-5-11-30-14)13-19-25-17-9-3-1-7-15(17)20(28)26-19/h1-4,7-10,14,22H,5-6,11-13H2,(H,25,26,28). The van der Waals surface area contributed by atoms with Crippen LogP contribution >= 0.6 is 0 Å². The number of rotatable bonds is 7. The zero-order chi connectivity index (χ0) is 21.8. The van der Waals surface area contributed by atoms with Crippen LogP contribution in [-0.4, -0.2) is 46.6 Å². The van der Waals surface area contributed by atoms with Gasteiger partial charge in [0.1, 0.15) is 11.6 Å². The van der Waals surface area contributed by atoms with Gasteiger partial charge in [-0.3, -0.25) is 9.59 Å². The number of halogens is 2. The predicted octanol–water partition coefficient (Wildman–Crippen LogP) is 3.35. The summed E-state index contributed by atoms with van der Waals surface area (Å²) in [4.78, 5) is 34.3. The summed E-state index contributed by atoms with van der Waals surface area (Å²) in [7, 11) is 0. The molecule has 1 fully saturated rings. The van der Waals surface area contributed by atoms with E-state index >= 15 is 0 Å². The number of aromatic nitrogens is 2. The Labute approximate surface area is 176 Å². The molecule has 0 saturated carbocycles. The molecule has 1 N–H and O–H groups in total. The van der Waals surface area contributed by atoms with Crippen molar-refractivity contribution in [2.24, 2.45) is 0 Å². The third-order valence-electron chi connectivity index (χ3n) is 5.07. The largest absolute Gasteiger partial charge is 0.434 e. The highest BCUT2D eigenvalue weighted by Crippen LogP contribution is 2.24. The molecule has 0 bridgehead atoms. The minimum atomic E-state index is -3.06. The number of aromatic amines is 1. The van der Waals surface area contributed by atoms with Crippen molar-refractivity contribution in [1.82, 2.24) is 14.9 Å². The molecule has 9 heteroatoms. The quantitative estimate of drug-likeness (QED) is 0.623. The molecule has 2 aromatic carbocycles. The molecule has 1 atom stereocenters. The number of fused-ring (bicyclic) bond motifs is 1. The number of amides is 1. The lowest BCUT2D eigenvalue weighted by Crippen LogP contribution is -2.38. The number of alkyl halides is 2. The van der Waals surface area contributed by atoms with E-state index in [0.29, 0.717) is 23.3 Å². The summed E-state index contributed by atoms with van der Waals surface area (Å²) in [5, 5.41) is 0.443. The summed E-state index contributed by atoms with van der Waals surface area (Å²) < 4.78 is 35.8. The van der Waals surface area contributed by atoms with Gasteiger partial charge in [0.2, 0.25) is 0 Å². The summed E-state index contributed by atoms with van der Waals surface area (Å²) >= 11 is 0. The van der Waals surface area contributed by atoms with Crippen LogP contribution < -0.4 is 10.3 Å². The Morgan fingerprint density at radius 3 is 2.77 bits per heavy atom. The molecule has 1 aromatic heterocycles. The average molecular weight is 429 g/mol. The van der Waals surface area contributed by atoms with Crippen molar-refractivity contribution in [3.8, 4) is 5.75 Å². The topological polar surface area (TPSA) is 84.5 Å². The molecule has 0 spiro atoms. The monoisotopic (exact) mass is 429 g/mol. The molecular formula is C22H21F2N3O4. The van der Waals surface area contributed by atoms with E-state index in [9.17, 15) is 18.4 Å². The molecule has 1 aliphatic heterocycles. The first-order valence-corrected chi connectivity index (χ1v) is 9.94. The van der Waals surface area contributed by atoms with Gasteiger partial charge < -0.3 is 19.4 Å². The summed E-state index contributed by atoms with van der Waals surface area (Å²) in [6.07, 6.45) is 1.48. The summed E-state index contributed by atoms with van der Waals surface area (Å²) in [5.74, 6) is -0.426. The molecule has 3 aromatic rings. The van der Waals surface area contributed by atoms with E-state index in [0.717, 1.165) is 12.8 Å². The maximum absolute atomic E-state index is 13.3. The highest BCUT2D eigenvalue weighted by Gasteiger charge is 2.27. The molecule has 1 amide bonds. The first-order chi connectivity index (χ1) is 15.0. The van der Waals surface area contributed by atoms with Gasteiger partial charge in [0.05, 0.1) is 29.1 Å². The van der Waals surface area contributed by atoms with E-state index in [4.69, 9.17) is 4.74 Å². The fourth-order valence-corrected chi connectivity index (χ4v) is 3.66. The highest BCUT2D eigenvalue weighted by atomic mass is 19.3. The van der Waals surface area contributed by atoms with Crippen molar-refractivity contribution in [3.05, 3.63) is 70.3 Å². The second-order valence-electron chi connectivity index (χ2n) is 7.23. The van der Waals surface area contributed by atoms with Gasteiger partial charge in [-0.25, -0.2) is 4.98 Å². The number of ether oxygens (including phenoxy) is 2. The van der Waals surface area contributed by atoms with Gasteiger partial charge in [-0.1, -0.05) is 24.3 Å². The van der Waals surface area contributed by atoms with E-state index in [2.05, 4.69) is 14.7 Å². The Hall–Kier alpha value is -3.33. The number of H-pyrrole nitrogens is 1. The first kappa shape index (κ1) is 20.9. The maximum atomic E-state index is 13.3. The zero-order valence-corrected chi connectivity index (χ0v) is 16.6. The number of hydrogen-bond donors (Lipinski definition) is 1. The lowest BCUT2D eigenvalue weighted by Gasteiger charge is -2.26.